The van der Waals surface area contributed by atoms with Crippen molar-refractivity contribution in [2.75, 3.05) is 21.2 Å². The zero-order valence-electron chi connectivity index (χ0n) is 15.5. The van der Waals surface area contributed by atoms with Gasteiger partial charge in [0.05, 0.1) is 33.3 Å². The molecule has 3 atom stereocenters. The molecule has 0 saturated carbocycles. The Kier molecular flexibility index (Phi) is 5.30. The van der Waals surface area contributed by atoms with Gasteiger partial charge in [-0.15, -0.1) is 0 Å². The van der Waals surface area contributed by atoms with Gasteiger partial charge < -0.3 is 13.8 Å². The summed E-state index contributed by atoms with van der Waals surface area (Å²) in [7, 11) is 1.01. The van der Waals surface area contributed by atoms with Crippen LogP contribution in [0.25, 0.3) is 5.65 Å². The molecule has 2 aliphatic rings. The van der Waals surface area contributed by atoms with Crippen LogP contribution in [0.4, 0.5) is 0 Å². The molecule has 1 unspecified atom stereocenters. The predicted molar refractivity (Wildman–Crippen MR) is 93.6 cm³/mol. The van der Waals surface area contributed by atoms with Crippen LogP contribution >= 0.6 is 0 Å². The zero-order chi connectivity index (χ0) is 19.8. The number of H-pyrrole nitrogens is 1. The predicted octanol–water partition coefficient (Wildman–Crippen LogP) is 0.682. The average Bonchev–Trinajstić information content (AvgIpc) is 3.20. The number of fused-ring (bicyclic) bond motifs is 3. The number of nitrogens with one attached hydrogen (secondary N) is 1. The largest absolute Gasteiger partial charge is 0.726 e. The second kappa shape index (κ2) is 7.23. The first-order valence-corrected chi connectivity index (χ1v) is 10.0. The highest BCUT2D eigenvalue weighted by molar-refractivity contribution is 7.80. The molecular weight excluding hydrogens is 376 g/mol. The average molecular weight is 400 g/mol. The smallest absolute Gasteiger partial charge is 0.343 e. The third kappa shape index (κ3) is 4.15. The topological polar surface area (TPSA) is 126 Å². The van der Waals surface area contributed by atoms with Crippen molar-refractivity contribution in [3.05, 3.63) is 24.2 Å². The standard InChI is InChI=1S/C15H20N4O2.CH4O4S/c1-19(2)10-3-4-11(19)8-12(7-10)21-15(20)13-9-17-18-6-5-16-14(13)18;1-5-6(2,3)4/h5-6,9-12H,3-4,7-8H2,1-2H3;1H3,(H,2,3,4)/t10-,11+,12?;. The molecule has 2 aromatic heterocycles. The van der Waals surface area contributed by atoms with Gasteiger partial charge in [-0.3, -0.25) is 9.28 Å². The Balaban J connectivity index is 0.000000307. The van der Waals surface area contributed by atoms with Gasteiger partial charge in [0.15, 0.2) is 5.65 Å². The van der Waals surface area contributed by atoms with Crippen LogP contribution in [0.5, 0.6) is 0 Å². The van der Waals surface area contributed by atoms with E-state index in [1.165, 1.54) is 12.8 Å². The molecule has 0 spiro atoms. The van der Waals surface area contributed by atoms with Crippen LogP contribution in [0.15, 0.2) is 18.6 Å². The van der Waals surface area contributed by atoms with E-state index in [9.17, 15) is 17.8 Å². The number of nitrogens with zero attached hydrogens (tertiary/aromatic N) is 3. The van der Waals surface area contributed by atoms with Crippen molar-refractivity contribution < 1.29 is 31.2 Å². The Morgan fingerprint density at radius 1 is 1.33 bits per heavy atom. The summed E-state index contributed by atoms with van der Waals surface area (Å²) >= 11 is 0. The monoisotopic (exact) mass is 400 g/mol. The van der Waals surface area contributed by atoms with E-state index < -0.39 is 10.4 Å². The van der Waals surface area contributed by atoms with E-state index in [0.29, 0.717) is 23.3 Å². The van der Waals surface area contributed by atoms with Gasteiger partial charge >= 0.3 is 5.97 Å². The minimum atomic E-state index is -4.41. The molecule has 10 nitrogen and oxygen atoms in total. The molecule has 0 amide bonds. The van der Waals surface area contributed by atoms with Crippen LogP contribution < -0.4 is 0 Å². The third-order valence-electron chi connectivity index (χ3n) is 5.71. The maximum atomic E-state index is 12.4. The van der Waals surface area contributed by atoms with Crippen molar-refractivity contribution >= 4 is 22.0 Å². The summed E-state index contributed by atoms with van der Waals surface area (Å²) in [6, 6.07) is 1.25. The van der Waals surface area contributed by atoms with Gasteiger partial charge in [-0.25, -0.2) is 22.7 Å². The number of quaternary nitrogens is 1. The van der Waals surface area contributed by atoms with Crippen LogP contribution in [0.1, 0.15) is 36.0 Å². The number of rotatable bonds is 3. The van der Waals surface area contributed by atoms with E-state index in [2.05, 4.69) is 28.4 Å². The number of aromatic nitrogens is 3. The van der Waals surface area contributed by atoms with Gasteiger partial charge in [0.1, 0.15) is 11.7 Å². The molecule has 2 bridgehead atoms. The molecular formula is C16H24N4O6S. The molecule has 27 heavy (non-hydrogen) atoms. The second-order valence-corrected chi connectivity index (χ2v) is 8.55. The maximum absolute atomic E-state index is 12.4. The van der Waals surface area contributed by atoms with Crippen molar-refractivity contribution in [2.45, 2.75) is 43.9 Å². The highest BCUT2D eigenvalue weighted by atomic mass is 32.3. The van der Waals surface area contributed by atoms with E-state index in [4.69, 9.17) is 4.74 Å². The summed E-state index contributed by atoms with van der Waals surface area (Å²) in [5.74, 6) is -0.260. The summed E-state index contributed by atoms with van der Waals surface area (Å²) in [5, 5.41) is 2.98. The number of carbonyl (C=O) groups is 1. The number of hydrogen-bond acceptors (Lipinski definition) is 7. The minimum Gasteiger partial charge on any atom is -0.726 e. The van der Waals surface area contributed by atoms with Crippen LogP contribution in [0.2, 0.25) is 0 Å². The molecule has 0 aromatic carbocycles. The quantitative estimate of drug-likeness (QED) is 0.347. The highest BCUT2D eigenvalue weighted by Gasteiger charge is 2.50. The zero-order valence-corrected chi connectivity index (χ0v) is 16.3. The molecule has 2 aliphatic heterocycles. The minimum absolute atomic E-state index is 0.0473. The fraction of sp³-hybridized carbons (Fsp3) is 0.625. The number of carbonyl (C=O) groups excluding carboxylic acids is 1. The SMILES string of the molecule is COS(=O)(=O)[O-].C[N+]1(C)[C@@H]2CC[C@H]1CC(OC(=O)c1c[nH]n3ccnc13)C2. The fourth-order valence-electron chi connectivity index (χ4n) is 4.10. The van der Waals surface area contributed by atoms with E-state index in [0.717, 1.165) is 24.4 Å². The maximum Gasteiger partial charge on any atom is 0.343 e. The Bertz CT molecular complexity index is 902. The number of hydrogen-bond donors (Lipinski definition) is 1. The van der Waals surface area contributed by atoms with Crippen LogP contribution in [-0.4, -0.2) is 77.4 Å². The summed E-state index contributed by atoms with van der Waals surface area (Å²) in [6.45, 7) is 0. The van der Waals surface area contributed by atoms with E-state index in [-0.39, 0.29) is 12.1 Å². The van der Waals surface area contributed by atoms with Crippen molar-refractivity contribution in [2.24, 2.45) is 0 Å². The lowest BCUT2D eigenvalue weighted by atomic mass is 9.98. The molecule has 150 valence electrons. The van der Waals surface area contributed by atoms with Crippen molar-refractivity contribution in [1.29, 1.82) is 0 Å². The fourth-order valence-corrected chi connectivity index (χ4v) is 4.10. The number of aromatic amines is 1. The number of ether oxygens (including phenoxy) is 1. The molecule has 2 saturated heterocycles. The highest BCUT2D eigenvalue weighted by Crippen LogP contribution is 2.40. The van der Waals surface area contributed by atoms with E-state index in [1.54, 1.807) is 23.1 Å². The molecule has 4 rings (SSSR count). The van der Waals surface area contributed by atoms with Crippen molar-refractivity contribution in [3.8, 4) is 0 Å². The summed E-state index contributed by atoms with van der Waals surface area (Å²) in [4.78, 5) is 16.6. The Labute approximate surface area is 157 Å². The van der Waals surface area contributed by atoms with Crippen LogP contribution in [0.3, 0.4) is 0 Å². The number of imidazole rings is 1. The number of esters is 1. The first kappa shape index (κ1) is 19.8. The van der Waals surface area contributed by atoms with Gasteiger partial charge in [0.2, 0.25) is 10.4 Å². The summed E-state index contributed by atoms with van der Waals surface area (Å²) in [6.07, 6.45) is 9.62. The lowest BCUT2D eigenvalue weighted by Crippen LogP contribution is -2.56. The van der Waals surface area contributed by atoms with Crippen molar-refractivity contribution in [3.63, 3.8) is 0 Å². The van der Waals surface area contributed by atoms with Gasteiger partial charge in [-0.2, -0.15) is 0 Å². The van der Waals surface area contributed by atoms with E-state index in [1.807, 2.05) is 0 Å². The Hall–Kier alpha value is -1.95. The third-order valence-corrected chi connectivity index (χ3v) is 6.12. The lowest BCUT2D eigenvalue weighted by molar-refractivity contribution is -0.931. The summed E-state index contributed by atoms with van der Waals surface area (Å²) in [5.41, 5.74) is 1.15. The molecule has 0 radical (unpaired) electrons. The first-order valence-electron chi connectivity index (χ1n) is 8.68. The molecule has 2 fully saturated rings. The second-order valence-electron chi connectivity index (χ2n) is 7.40. The van der Waals surface area contributed by atoms with Gasteiger partial charge in [0, 0.05) is 44.3 Å². The Morgan fingerprint density at radius 2 is 1.93 bits per heavy atom. The van der Waals surface area contributed by atoms with Gasteiger partial charge in [0.25, 0.3) is 0 Å². The molecule has 11 heteroatoms. The first-order chi connectivity index (χ1) is 12.6. The van der Waals surface area contributed by atoms with E-state index >= 15 is 0 Å². The summed E-state index contributed by atoms with van der Waals surface area (Å²) < 4.78 is 39.6. The molecule has 2 aromatic rings. The lowest BCUT2D eigenvalue weighted by Gasteiger charge is -2.43. The van der Waals surface area contributed by atoms with Gasteiger partial charge in [-0.05, 0) is 0 Å². The molecule has 0 aliphatic carbocycles. The molecule has 1 N–H and O–H groups in total. The number of piperidine rings is 1. The van der Waals surface area contributed by atoms with Crippen LogP contribution in [0, 0.1) is 0 Å². The van der Waals surface area contributed by atoms with Gasteiger partial charge in [-0.1, -0.05) is 0 Å². The molecule has 4 heterocycles. The Morgan fingerprint density at radius 3 is 2.48 bits per heavy atom. The van der Waals surface area contributed by atoms with Crippen molar-refractivity contribution in [1.82, 2.24) is 14.6 Å². The normalized spacial score (nSPS) is 26.4. The van der Waals surface area contributed by atoms with Crippen LogP contribution in [-0.2, 0) is 19.3 Å².